The van der Waals surface area contributed by atoms with Crippen molar-refractivity contribution in [2.45, 2.75) is 29.6 Å². The van der Waals surface area contributed by atoms with Crippen LogP contribution in [0.1, 0.15) is 25.3 Å². The zero-order valence-electron chi connectivity index (χ0n) is 14.9. The molecule has 0 aromatic heterocycles. The van der Waals surface area contributed by atoms with Gasteiger partial charge in [-0.25, -0.2) is 0 Å². The normalized spacial score (nSPS) is 14.1. The van der Waals surface area contributed by atoms with E-state index in [9.17, 15) is 9.59 Å². The summed E-state index contributed by atoms with van der Waals surface area (Å²) in [5.41, 5.74) is 2.08. The van der Waals surface area contributed by atoms with Crippen molar-refractivity contribution in [1.82, 2.24) is 4.90 Å². The molecule has 0 atom stereocenters. The van der Waals surface area contributed by atoms with Crippen LogP contribution in [0.4, 0.5) is 10.5 Å². The number of anilines is 1. The first-order chi connectivity index (χ1) is 12.5. The van der Waals surface area contributed by atoms with Crippen molar-refractivity contribution in [3.8, 4) is 0 Å². The van der Waals surface area contributed by atoms with Crippen molar-refractivity contribution >= 4 is 40.4 Å². The number of carbonyl (C=O) groups is 2. The number of amides is 2. The molecule has 26 heavy (non-hydrogen) atoms. The number of nitrogens with zero attached hydrogens (tertiary/aromatic N) is 1. The first-order valence-electron chi connectivity index (χ1n) is 8.61. The Kier molecular flexibility index (Phi) is 6.27. The summed E-state index contributed by atoms with van der Waals surface area (Å²) in [6, 6.07) is 16.4. The fraction of sp³-hybridized carbons (Fsp3) is 0.300. The minimum atomic E-state index is -0.162. The van der Waals surface area contributed by atoms with Gasteiger partial charge < -0.3 is 10.2 Å². The summed E-state index contributed by atoms with van der Waals surface area (Å²) in [5, 5.41) is 2.83. The SMILES string of the molecule is CC(C)c1ccc(Sc2ccc(NC(=O)CN3CCSC3=O)cc2)cc1. The fourth-order valence-electron chi connectivity index (χ4n) is 2.61. The Balaban J connectivity index is 1.54. The van der Waals surface area contributed by atoms with Gasteiger partial charge in [0.2, 0.25) is 5.91 Å². The molecular weight excluding hydrogens is 364 g/mol. The van der Waals surface area contributed by atoms with Gasteiger partial charge in [-0.2, -0.15) is 0 Å². The highest BCUT2D eigenvalue weighted by atomic mass is 32.2. The molecule has 1 heterocycles. The Bertz CT molecular complexity index is 773. The van der Waals surface area contributed by atoms with E-state index in [-0.39, 0.29) is 17.7 Å². The van der Waals surface area contributed by atoms with Crippen molar-refractivity contribution < 1.29 is 9.59 Å². The topological polar surface area (TPSA) is 49.4 Å². The van der Waals surface area contributed by atoms with Gasteiger partial charge in [0.1, 0.15) is 6.54 Å². The first kappa shape index (κ1) is 18.9. The number of rotatable bonds is 6. The van der Waals surface area contributed by atoms with E-state index < -0.39 is 0 Å². The van der Waals surface area contributed by atoms with Crippen LogP contribution in [-0.2, 0) is 4.79 Å². The second-order valence-corrected chi connectivity index (χ2v) is 8.63. The highest BCUT2D eigenvalue weighted by molar-refractivity contribution is 8.13. The van der Waals surface area contributed by atoms with E-state index in [4.69, 9.17) is 0 Å². The molecule has 0 saturated carbocycles. The summed E-state index contributed by atoms with van der Waals surface area (Å²) in [7, 11) is 0. The largest absolute Gasteiger partial charge is 0.325 e. The van der Waals surface area contributed by atoms with E-state index in [0.717, 1.165) is 16.3 Å². The van der Waals surface area contributed by atoms with Crippen LogP contribution in [-0.4, -0.2) is 34.9 Å². The van der Waals surface area contributed by atoms with Gasteiger partial charge in [0.25, 0.3) is 5.24 Å². The van der Waals surface area contributed by atoms with Crippen LogP contribution in [0.3, 0.4) is 0 Å². The average molecular weight is 387 g/mol. The summed E-state index contributed by atoms with van der Waals surface area (Å²) < 4.78 is 0. The number of thioether (sulfide) groups is 1. The number of hydrogen-bond donors (Lipinski definition) is 1. The lowest BCUT2D eigenvalue weighted by molar-refractivity contribution is -0.116. The Labute approximate surface area is 162 Å². The third-order valence-corrected chi connectivity index (χ3v) is 6.01. The molecule has 1 aliphatic heterocycles. The van der Waals surface area contributed by atoms with E-state index in [2.05, 4.69) is 43.4 Å². The van der Waals surface area contributed by atoms with Crippen LogP contribution in [0.15, 0.2) is 58.3 Å². The van der Waals surface area contributed by atoms with Gasteiger partial charge in [-0.3, -0.25) is 9.59 Å². The Morgan fingerprint density at radius 3 is 2.27 bits per heavy atom. The van der Waals surface area contributed by atoms with Gasteiger partial charge >= 0.3 is 0 Å². The summed E-state index contributed by atoms with van der Waals surface area (Å²) in [6.07, 6.45) is 0. The van der Waals surface area contributed by atoms with E-state index in [0.29, 0.717) is 12.5 Å². The van der Waals surface area contributed by atoms with E-state index >= 15 is 0 Å². The zero-order chi connectivity index (χ0) is 18.5. The molecule has 0 spiro atoms. The molecule has 0 unspecified atom stereocenters. The van der Waals surface area contributed by atoms with Crippen molar-refractivity contribution in [2.75, 3.05) is 24.2 Å². The molecule has 0 aliphatic carbocycles. The molecular formula is C20H22N2O2S2. The second-order valence-electron chi connectivity index (χ2n) is 6.43. The van der Waals surface area contributed by atoms with Gasteiger partial charge in [-0.15, -0.1) is 0 Å². The minimum absolute atomic E-state index is 0.0182. The fourth-order valence-corrected chi connectivity index (χ4v) is 4.25. The third-order valence-electron chi connectivity index (χ3n) is 4.10. The number of hydrogen-bond acceptors (Lipinski definition) is 4. The number of nitrogens with one attached hydrogen (secondary N) is 1. The lowest BCUT2D eigenvalue weighted by Crippen LogP contribution is -2.33. The van der Waals surface area contributed by atoms with Crippen molar-refractivity contribution in [3.05, 3.63) is 54.1 Å². The minimum Gasteiger partial charge on any atom is -0.325 e. The third kappa shape index (κ3) is 5.05. The molecule has 1 aliphatic rings. The lowest BCUT2D eigenvalue weighted by atomic mass is 10.0. The lowest BCUT2D eigenvalue weighted by Gasteiger charge is -2.14. The molecule has 2 aromatic carbocycles. The van der Waals surface area contributed by atoms with Gasteiger partial charge in [0.15, 0.2) is 0 Å². The predicted molar refractivity (Wildman–Crippen MR) is 109 cm³/mol. The van der Waals surface area contributed by atoms with Gasteiger partial charge in [0, 0.05) is 27.8 Å². The number of carbonyl (C=O) groups excluding carboxylic acids is 2. The van der Waals surface area contributed by atoms with E-state index in [1.807, 2.05) is 24.3 Å². The molecule has 4 nitrogen and oxygen atoms in total. The maximum Gasteiger partial charge on any atom is 0.282 e. The molecule has 2 aromatic rings. The molecule has 1 saturated heterocycles. The zero-order valence-corrected chi connectivity index (χ0v) is 16.5. The van der Waals surface area contributed by atoms with Crippen molar-refractivity contribution in [2.24, 2.45) is 0 Å². The molecule has 0 bridgehead atoms. The standard InChI is InChI=1S/C20H22N2O2S2/c1-14(2)15-3-7-17(8-4-15)26-18-9-5-16(6-10-18)21-19(23)13-22-11-12-25-20(22)24/h3-10,14H,11-13H2,1-2H3,(H,21,23). The maximum absolute atomic E-state index is 12.1. The van der Waals surface area contributed by atoms with Crippen LogP contribution in [0.2, 0.25) is 0 Å². The second kappa shape index (κ2) is 8.64. The monoisotopic (exact) mass is 386 g/mol. The molecule has 3 rings (SSSR count). The van der Waals surface area contributed by atoms with E-state index in [1.165, 1.54) is 22.2 Å². The smallest absolute Gasteiger partial charge is 0.282 e. The molecule has 6 heteroatoms. The summed E-state index contributed by atoms with van der Waals surface area (Å²) in [6.45, 7) is 5.13. The van der Waals surface area contributed by atoms with Gasteiger partial charge in [-0.05, 0) is 47.9 Å². The quantitative estimate of drug-likeness (QED) is 0.753. The molecule has 2 amide bonds. The summed E-state index contributed by atoms with van der Waals surface area (Å²) in [4.78, 5) is 27.5. The Morgan fingerprint density at radius 2 is 1.73 bits per heavy atom. The van der Waals surface area contributed by atoms with Crippen LogP contribution in [0.25, 0.3) is 0 Å². The molecule has 1 fully saturated rings. The van der Waals surface area contributed by atoms with Gasteiger partial charge in [0.05, 0.1) is 0 Å². The van der Waals surface area contributed by atoms with Gasteiger partial charge in [-0.1, -0.05) is 49.5 Å². The Hall–Kier alpha value is -1.92. The first-order valence-corrected chi connectivity index (χ1v) is 10.4. The molecule has 136 valence electrons. The van der Waals surface area contributed by atoms with Crippen LogP contribution in [0, 0.1) is 0 Å². The molecule has 1 N–H and O–H groups in total. The average Bonchev–Trinajstić information content (AvgIpc) is 3.02. The van der Waals surface area contributed by atoms with Crippen LogP contribution >= 0.6 is 23.5 Å². The van der Waals surface area contributed by atoms with Crippen LogP contribution < -0.4 is 5.32 Å². The van der Waals surface area contributed by atoms with E-state index in [1.54, 1.807) is 16.7 Å². The number of benzene rings is 2. The Morgan fingerprint density at radius 1 is 1.12 bits per heavy atom. The molecule has 0 radical (unpaired) electrons. The summed E-state index contributed by atoms with van der Waals surface area (Å²) >= 11 is 2.96. The highest BCUT2D eigenvalue weighted by Gasteiger charge is 2.23. The maximum atomic E-state index is 12.1. The van der Waals surface area contributed by atoms with Crippen LogP contribution in [0.5, 0.6) is 0 Å². The predicted octanol–water partition coefficient (Wildman–Crippen LogP) is 5.07. The highest BCUT2D eigenvalue weighted by Crippen LogP contribution is 2.29. The van der Waals surface area contributed by atoms with Crippen molar-refractivity contribution in [3.63, 3.8) is 0 Å². The summed E-state index contributed by atoms with van der Waals surface area (Å²) in [5.74, 6) is 1.13. The van der Waals surface area contributed by atoms with Crippen molar-refractivity contribution in [1.29, 1.82) is 0 Å².